The molecule has 2 rings (SSSR count). The molecule has 0 aromatic heterocycles. The largest absolute Gasteiger partial charge is 0.293 e. The van der Waals surface area contributed by atoms with E-state index >= 15 is 0 Å². The molecule has 0 fully saturated rings. The standard InChI is InChI=1S/C16H15ClO3S/c1-11-6-7-15(12(2)8-11)16(18)10-21(19,20)14-5-3-4-13(17)9-14/h3-9H,10H2,1-2H3. The maximum atomic E-state index is 12.3. The number of benzene rings is 2. The van der Waals surface area contributed by atoms with Crippen LogP contribution in [0.15, 0.2) is 47.4 Å². The first kappa shape index (κ1) is 15.7. The molecule has 0 aliphatic rings. The normalized spacial score (nSPS) is 11.4. The van der Waals surface area contributed by atoms with Gasteiger partial charge in [0, 0.05) is 10.6 Å². The molecule has 0 saturated heterocycles. The molecule has 0 aliphatic carbocycles. The van der Waals surface area contributed by atoms with Gasteiger partial charge in [0.1, 0.15) is 5.75 Å². The fourth-order valence-corrected chi connectivity index (χ4v) is 3.64. The molecule has 0 heterocycles. The Morgan fingerprint density at radius 2 is 1.81 bits per heavy atom. The molecule has 0 atom stereocenters. The smallest absolute Gasteiger partial charge is 0.185 e. The minimum atomic E-state index is -3.69. The molecule has 21 heavy (non-hydrogen) atoms. The Kier molecular flexibility index (Phi) is 4.49. The van der Waals surface area contributed by atoms with Gasteiger partial charge in [0.25, 0.3) is 0 Å². The van der Waals surface area contributed by atoms with E-state index in [1.54, 1.807) is 31.2 Å². The highest BCUT2D eigenvalue weighted by Gasteiger charge is 2.21. The van der Waals surface area contributed by atoms with Gasteiger partial charge in [-0.25, -0.2) is 8.42 Å². The summed E-state index contributed by atoms with van der Waals surface area (Å²) in [6.07, 6.45) is 0. The molecule has 5 heteroatoms. The van der Waals surface area contributed by atoms with Crippen molar-refractivity contribution >= 4 is 27.2 Å². The number of rotatable bonds is 4. The van der Waals surface area contributed by atoms with Crippen LogP contribution in [0.5, 0.6) is 0 Å². The van der Waals surface area contributed by atoms with E-state index in [0.29, 0.717) is 10.6 Å². The number of carbonyl (C=O) groups excluding carboxylic acids is 1. The van der Waals surface area contributed by atoms with Crippen molar-refractivity contribution in [3.63, 3.8) is 0 Å². The van der Waals surface area contributed by atoms with Crippen LogP contribution in [0.3, 0.4) is 0 Å². The third-order valence-electron chi connectivity index (χ3n) is 3.16. The van der Waals surface area contributed by atoms with Crippen molar-refractivity contribution in [1.29, 1.82) is 0 Å². The molecule has 0 radical (unpaired) electrons. The molecule has 0 N–H and O–H groups in total. The highest BCUT2D eigenvalue weighted by Crippen LogP contribution is 2.19. The van der Waals surface area contributed by atoms with Crippen LogP contribution < -0.4 is 0 Å². The first-order valence-corrected chi connectivity index (χ1v) is 8.41. The van der Waals surface area contributed by atoms with E-state index in [1.165, 1.54) is 12.1 Å². The van der Waals surface area contributed by atoms with Crippen LogP contribution >= 0.6 is 11.6 Å². The van der Waals surface area contributed by atoms with Gasteiger partial charge >= 0.3 is 0 Å². The number of ketones is 1. The Morgan fingerprint density at radius 1 is 1.10 bits per heavy atom. The number of halogens is 1. The molecule has 3 nitrogen and oxygen atoms in total. The van der Waals surface area contributed by atoms with Gasteiger partial charge in [0.05, 0.1) is 4.90 Å². The molecule has 0 amide bonds. The Bertz CT molecular complexity index is 795. The fourth-order valence-electron chi connectivity index (χ4n) is 2.12. The molecule has 110 valence electrons. The lowest BCUT2D eigenvalue weighted by atomic mass is 10.0. The van der Waals surface area contributed by atoms with Crippen LogP contribution in [0.1, 0.15) is 21.5 Å². The summed E-state index contributed by atoms with van der Waals surface area (Å²) in [7, 11) is -3.69. The molecule has 2 aromatic rings. The topological polar surface area (TPSA) is 51.2 Å². The number of carbonyl (C=O) groups is 1. The van der Waals surface area contributed by atoms with E-state index in [4.69, 9.17) is 11.6 Å². The summed E-state index contributed by atoms with van der Waals surface area (Å²) in [4.78, 5) is 12.3. The van der Waals surface area contributed by atoms with E-state index in [0.717, 1.165) is 11.1 Å². The molecule has 0 bridgehead atoms. The summed E-state index contributed by atoms with van der Waals surface area (Å²) in [5, 5.41) is 0.329. The number of hydrogen-bond acceptors (Lipinski definition) is 3. The number of aryl methyl sites for hydroxylation is 2. The Labute approximate surface area is 129 Å². The van der Waals surface area contributed by atoms with Crippen molar-refractivity contribution in [2.24, 2.45) is 0 Å². The summed E-state index contributed by atoms with van der Waals surface area (Å²) < 4.78 is 24.5. The van der Waals surface area contributed by atoms with E-state index in [2.05, 4.69) is 0 Å². The fraction of sp³-hybridized carbons (Fsp3) is 0.188. The van der Waals surface area contributed by atoms with E-state index in [-0.39, 0.29) is 4.90 Å². The first-order chi connectivity index (χ1) is 9.79. The third-order valence-corrected chi connectivity index (χ3v) is 5.01. The lowest BCUT2D eigenvalue weighted by molar-refractivity contribution is 0.102. The molecular formula is C16H15ClO3S. The zero-order chi connectivity index (χ0) is 15.6. The van der Waals surface area contributed by atoms with Crippen LogP contribution in [-0.2, 0) is 9.84 Å². The van der Waals surface area contributed by atoms with Gasteiger partial charge in [-0.3, -0.25) is 4.79 Å². The highest BCUT2D eigenvalue weighted by molar-refractivity contribution is 7.92. The van der Waals surface area contributed by atoms with Crippen molar-refractivity contribution < 1.29 is 13.2 Å². The highest BCUT2D eigenvalue weighted by atomic mass is 35.5. The summed E-state index contributed by atoms with van der Waals surface area (Å²) >= 11 is 5.80. The quantitative estimate of drug-likeness (QED) is 0.808. The lowest BCUT2D eigenvalue weighted by Crippen LogP contribution is -2.17. The van der Waals surface area contributed by atoms with Crippen molar-refractivity contribution in [2.75, 3.05) is 5.75 Å². The second-order valence-corrected chi connectivity index (χ2v) is 7.38. The van der Waals surface area contributed by atoms with Gasteiger partial charge in [-0.1, -0.05) is 41.4 Å². The number of sulfone groups is 1. The van der Waals surface area contributed by atoms with Gasteiger partial charge in [0.2, 0.25) is 0 Å². The predicted molar refractivity (Wildman–Crippen MR) is 83.8 cm³/mol. The maximum Gasteiger partial charge on any atom is 0.185 e. The second kappa shape index (κ2) is 6.00. The summed E-state index contributed by atoms with van der Waals surface area (Å²) in [6.45, 7) is 3.72. The molecule has 2 aromatic carbocycles. The SMILES string of the molecule is Cc1ccc(C(=O)CS(=O)(=O)c2cccc(Cl)c2)c(C)c1. The lowest BCUT2D eigenvalue weighted by Gasteiger charge is -2.07. The van der Waals surface area contributed by atoms with Gasteiger partial charge in [0.15, 0.2) is 15.6 Å². The molecular weight excluding hydrogens is 308 g/mol. The monoisotopic (exact) mass is 322 g/mol. The minimum absolute atomic E-state index is 0.0631. The van der Waals surface area contributed by atoms with Crippen molar-refractivity contribution in [2.45, 2.75) is 18.7 Å². The van der Waals surface area contributed by atoms with Crippen molar-refractivity contribution in [3.8, 4) is 0 Å². The summed E-state index contributed by atoms with van der Waals surface area (Å²) in [5.74, 6) is -0.968. The van der Waals surface area contributed by atoms with Crippen LogP contribution in [0.25, 0.3) is 0 Å². The maximum absolute atomic E-state index is 12.3. The zero-order valence-electron chi connectivity index (χ0n) is 11.8. The molecule has 0 saturated carbocycles. The Hall–Kier alpha value is -1.65. The average molecular weight is 323 g/mol. The molecule has 0 spiro atoms. The van der Waals surface area contributed by atoms with Gasteiger partial charge in [-0.15, -0.1) is 0 Å². The third kappa shape index (κ3) is 3.71. The first-order valence-electron chi connectivity index (χ1n) is 6.38. The Morgan fingerprint density at radius 3 is 2.43 bits per heavy atom. The zero-order valence-corrected chi connectivity index (χ0v) is 13.3. The summed E-state index contributed by atoms with van der Waals surface area (Å²) in [6, 6.07) is 11.3. The van der Waals surface area contributed by atoms with Gasteiger partial charge < -0.3 is 0 Å². The van der Waals surface area contributed by atoms with Crippen LogP contribution in [0, 0.1) is 13.8 Å². The Balaban J connectivity index is 2.30. The van der Waals surface area contributed by atoms with E-state index in [1.807, 2.05) is 13.0 Å². The minimum Gasteiger partial charge on any atom is -0.293 e. The van der Waals surface area contributed by atoms with Crippen molar-refractivity contribution in [1.82, 2.24) is 0 Å². The van der Waals surface area contributed by atoms with E-state index < -0.39 is 21.4 Å². The predicted octanol–water partition coefficient (Wildman–Crippen LogP) is 3.61. The van der Waals surface area contributed by atoms with Crippen LogP contribution in [0.2, 0.25) is 5.02 Å². The second-order valence-electron chi connectivity index (χ2n) is 4.96. The number of Topliss-reactive ketones (excluding diaryl/α,β-unsaturated/α-hetero) is 1. The molecule has 0 unspecified atom stereocenters. The van der Waals surface area contributed by atoms with E-state index in [9.17, 15) is 13.2 Å². The van der Waals surface area contributed by atoms with Crippen LogP contribution in [0.4, 0.5) is 0 Å². The van der Waals surface area contributed by atoms with Gasteiger partial charge in [-0.05, 0) is 37.6 Å². The number of hydrogen-bond donors (Lipinski definition) is 0. The average Bonchev–Trinajstić information content (AvgIpc) is 2.37. The van der Waals surface area contributed by atoms with Gasteiger partial charge in [-0.2, -0.15) is 0 Å². The summed E-state index contributed by atoms with van der Waals surface area (Å²) in [5.41, 5.74) is 2.24. The van der Waals surface area contributed by atoms with Crippen molar-refractivity contribution in [3.05, 3.63) is 64.2 Å². The van der Waals surface area contributed by atoms with Crippen LogP contribution in [-0.4, -0.2) is 20.0 Å². The molecule has 0 aliphatic heterocycles.